The molecule has 114 valence electrons. The molecule has 4 nitrogen and oxygen atoms in total. The lowest BCUT2D eigenvalue weighted by atomic mass is 10.1. The van der Waals surface area contributed by atoms with Crippen LogP contribution in [-0.2, 0) is 6.42 Å². The van der Waals surface area contributed by atoms with Gasteiger partial charge in [-0.15, -0.1) is 0 Å². The van der Waals surface area contributed by atoms with Crippen molar-refractivity contribution in [2.75, 3.05) is 10.2 Å². The Bertz CT molecular complexity index is 816. The van der Waals surface area contributed by atoms with Crippen LogP contribution in [0.25, 0.3) is 0 Å². The summed E-state index contributed by atoms with van der Waals surface area (Å²) in [6, 6.07) is 21.0. The number of nitrogens with zero attached hydrogens (tertiary/aromatic N) is 3. The number of hydrogen-bond donors (Lipinski definition) is 1. The molecule has 2 aromatic carbocycles. The van der Waals surface area contributed by atoms with Crippen LogP contribution in [0.15, 0.2) is 67.0 Å². The predicted molar refractivity (Wildman–Crippen MR) is 93.5 cm³/mol. The second-order valence-electron chi connectivity index (χ2n) is 5.80. The van der Waals surface area contributed by atoms with Crippen LogP contribution < -0.4 is 10.2 Å². The fraction of sp³-hybridized carbons (Fsp3) is 0.158. The molecule has 1 aliphatic rings. The van der Waals surface area contributed by atoms with Crippen molar-refractivity contribution < 1.29 is 0 Å². The molecular formula is C19H18N4. The largest absolute Gasteiger partial charge is 0.340 e. The van der Waals surface area contributed by atoms with E-state index in [-0.39, 0.29) is 0 Å². The van der Waals surface area contributed by atoms with Gasteiger partial charge in [0.2, 0.25) is 0 Å². The fourth-order valence-electron chi connectivity index (χ4n) is 3.13. The van der Waals surface area contributed by atoms with Gasteiger partial charge in [0, 0.05) is 23.5 Å². The molecular weight excluding hydrogens is 284 g/mol. The number of para-hydroxylation sites is 2. The minimum absolute atomic E-state index is 0.395. The molecule has 3 aromatic rings. The molecule has 0 spiro atoms. The maximum atomic E-state index is 4.49. The number of hydrogen-bond acceptors (Lipinski definition) is 4. The van der Waals surface area contributed by atoms with Crippen LogP contribution in [0.1, 0.15) is 12.5 Å². The Labute approximate surface area is 135 Å². The van der Waals surface area contributed by atoms with E-state index in [1.165, 1.54) is 11.3 Å². The van der Waals surface area contributed by atoms with Gasteiger partial charge in [-0.05, 0) is 37.1 Å². The lowest BCUT2D eigenvalue weighted by molar-refractivity contribution is 0.749. The van der Waals surface area contributed by atoms with Crippen LogP contribution >= 0.6 is 0 Å². The highest BCUT2D eigenvalue weighted by Gasteiger charge is 2.27. The molecule has 1 aliphatic heterocycles. The second-order valence-corrected chi connectivity index (χ2v) is 5.80. The number of benzene rings is 2. The minimum atomic E-state index is 0.395. The van der Waals surface area contributed by atoms with Gasteiger partial charge in [0.05, 0.1) is 0 Å². The van der Waals surface area contributed by atoms with Crippen molar-refractivity contribution in [3.05, 3.63) is 72.6 Å². The monoisotopic (exact) mass is 302 g/mol. The zero-order valence-corrected chi connectivity index (χ0v) is 13.0. The lowest BCUT2D eigenvalue weighted by Gasteiger charge is -2.24. The van der Waals surface area contributed by atoms with Crippen LogP contribution in [0.5, 0.6) is 0 Å². The third kappa shape index (κ3) is 2.63. The van der Waals surface area contributed by atoms with Gasteiger partial charge in [-0.3, -0.25) is 0 Å². The summed E-state index contributed by atoms with van der Waals surface area (Å²) >= 11 is 0. The Morgan fingerprint density at radius 2 is 1.78 bits per heavy atom. The molecule has 0 aliphatic carbocycles. The van der Waals surface area contributed by atoms with E-state index in [1.54, 1.807) is 6.33 Å². The maximum Gasteiger partial charge on any atom is 0.138 e. The van der Waals surface area contributed by atoms with Gasteiger partial charge in [0.25, 0.3) is 0 Å². The summed E-state index contributed by atoms with van der Waals surface area (Å²) in [6.07, 6.45) is 2.66. The normalized spacial score (nSPS) is 16.2. The van der Waals surface area contributed by atoms with Gasteiger partial charge in [0.15, 0.2) is 0 Å². The van der Waals surface area contributed by atoms with Gasteiger partial charge in [-0.1, -0.05) is 36.4 Å². The molecule has 1 unspecified atom stereocenters. The highest BCUT2D eigenvalue weighted by molar-refractivity contribution is 5.70. The van der Waals surface area contributed by atoms with Crippen molar-refractivity contribution in [3.63, 3.8) is 0 Å². The van der Waals surface area contributed by atoms with Crippen LogP contribution in [0.2, 0.25) is 0 Å². The summed E-state index contributed by atoms with van der Waals surface area (Å²) in [5, 5.41) is 3.33. The Kier molecular flexibility index (Phi) is 3.42. The first-order valence-electron chi connectivity index (χ1n) is 7.82. The molecule has 0 amide bonds. The third-order valence-electron chi connectivity index (χ3n) is 4.15. The van der Waals surface area contributed by atoms with E-state index < -0.39 is 0 Å². The first kappa shape index (κ1) is 13.8. The third-order valence-corrected chi connectivity index (χ3v) is 4.15. The molecule has 23 heavy (non-hydrogen) atoms. The maximum absolute atomic E-state index is 4.49. The molecule has 2 heterocycles. The van der Waals surface area contributed by atoms with Crippen molar-refractivity contribution >= 4 is 23.0 Å². The van der Waals surface area contributed by atoms with Gasteiger partial charge in [-0.25, -0.2) is 9.97 Å². The Morgan fingerprint density at radius 1 is 1.00 bits per heavy atom. The lowest BCUT2D eigenvalue weighted by Crippen LogP contribution is -2.24. The molecule has 1 aromatic heterocycles. The summed E-state index contributed by atoms with van der Waals surface area (Å²) < 4.78 is 0. The van der Waals surface area contributed by atoms with E-state index in [2.05, 4.69) is 51.4 Å². The van der Waals surface area contributed by atoms with Crippen LogP contribution in [0, 0.1) is 0 Å². The standard InChI is InChI=1S/C19H18N4/c1-14-11-15-7-5-6-10-17(15)23(14)19-12-18(20-13-21-19)22-16-8-3-2-4-9-16/h2-10,12-14H,11H2,1H3,(H,20,21,22). The summed E-state index contributed by atoms with van der Waals surface area (Å²) in [5.74, 6) is 1.73. The van der Waals surface area contributed by atoms with E-state index in [9.17, 15) is 0 Å². The SMILES string of the molecule is CC1Cc2ccccc2N1c1cc(Nc2ccccc2)ncn1. The number of fused-ring (bicyclic) bond motifs is 1. The predicted octanol–water partition coefficient (Wildman–Crippen LogP) is 4.30. The number of rotatable bonds is 3. The van der Waals surface area contributed by atoms with Crippen molar-refractivity contribution in [1.29, 1.82) is 0 Å². The first-order chi connectivity index (χ1) is 11.3. The molecule has 0 bridgehead atoms. The van der Waals surface area contributed by atoms with Crippen molar-refractivity contribution in [1.82, 2.24) is 9.97 Å². The van der Waals surface area contributed by atoms with Crippen LogP contribution in [-0.4, -0.2) is 16.0 Å². The molecule has 1 N–H and O–H groups in total. The zero-order valence-electron chi connectivity index (χ0n) is 13.0. The topological polar surface area (TPSA) is 41.0 Å². The molecule has 4 heteroatoms. The van der Waals surface area contributed by atoms with Crippen molar-refractivity contribution in [3.8, 4) is 0 Å². The first-order valence-corrected chi connectivity index (χ1v) is 7.82. The van der Waals surface area contributed by atoms with E-state index in [0.717, 1.165) is 23.7 Å². The highest BCUT2D eigenvalue weighted by Crippen LogP contribution is 2.37. The minimum Gasteiger partial charge on any atom is -0.340 e. The average molecular weight is 302 g/mol. The van der Waals surface area contributed by atoms with Gasteiger partial charge in [-0.2, -0.15) is 0 Å². The van der Waals surface area contributed by atoms with E-state index in [4.69, 9.17) is 0 Å². The van der Waals surface area contributed by atoms with E-state index >= 15 is 0 Å². The molecule has 1 atom stereocenters. The quantitative estimate of drug-likeness (QED) is 0.783. The van der Waals surface area contributed by atoms with Gasteiger partial charge in [0.1, 0.15) is 18.0 Å². The van der Waals surface area contributed by atoms with Gasteiger partial charge < -0.3 is 10.2 Å². The average Bonchev–Trinajstić information content (AvgIpc) is 2.92. The Morgan fingerprint density at radius 3 is 2.65 bits per heavy atom. The molecule has 4 rings (SSSR count). The summed E-state index contributed by atoms with van der Waals surface area (Å²) in [7, 11) is 0. The van der Waals surface area contributed by atoms with E-state index in [0.29, 0.717) is 6.04 Å². The number of nitrogens with one attached hydrogen (secondary N) is 1. The van der Waals surface area contributed by atoms with Crippen molar-refractivity contribution in [2.45, 2.75) is 19.4 Å². The fourth-order valence-corrected chi connectivity index (χ4v) is 3.13. The number of aromatic nitrogens is 2. The van der Waals surface area contributed by atoms with E-state index in [1.807, 2.05) is 36.4 Å². The zero-order chi connectivity index (χ0) is 15.6. The molecule has 0 radical (unpaired) electrons. The summed E-state index contributed by atoms with van der Waals surface area (Å²) in [5.41, 5.74) is 3.63. The highest BCUT2D eigenvalue weighted by atomic mass is 15.2. The molecule has 0 saturated heterocycles. The van der Waals surface area contributed by atoms with Crippen molar-refractivity contribution in [2.24, 2.45) is 0 Å². The van der Waals surface area contributed by atoms with Gasteiger partial charge >= 0.3 is 0 Å². The second kappa shape index (κ2) is 5.72. The smallest absolute Gasteiger partial charge is 0.138 e. The molecule has 0 fully saturated rings. The Balaban J connectivity index is 1.67. The summed E-state index contributed by atoms with van der Waals surface area (Å²) in [6.45, 7) is 2.23. The summed E-state index contributed by atoms with van der Waals surface area (Å²) in [4.78, 5) is 11.1. The van der Waals surface area contributed by atoms with Crippen LogP contribution in [0.4, 0.5) is 23.0 Å². The number of anilines is 4. The Hall–Kier alpha value is -2.88. The van der Waals surface area contributed by atoms with Crippen LogP contribution in [0.3, 0.4) is 0 Å². The molecule has 0 saturated carbocycles.